The van der Waals surface area contributed by atoms with Crippen LogP contribution >= 0.6 is 0 Å². The van der Waals surface area contributed by atoms with E-state index in [2.05, 4.69) is 34.8 Å². The van der Waals surface area contributed by atoms with Gasteiger partial charge in [0.25, 0.3) is 0 Å². The lowest BCUT2D eigenvalue weighted by atomic mass is 9.97. The average Bonchev–Trinajstić information content (AvgIpc) is 2.52. The smallest absolute Gasteiger partial charge is 0.407 e. The molecule has 7 nitrogen and oxygen atoms in total. The van der Waals surface area contributed by atoms with Crippen LogP contribution in [0, 0.1) is 5.92 Å². The van der Waals surface area contributed by atoms with E-state index in [0.29, 0.717) is 12.5 Å². The van der Waals surface area contributed by atoms with Crippen molar-refractivity contribution in [3.05, 3.63) is 0 Å². The van der Waals surface area contributed by atoms with E-state index in [1.54, 1.807) is 0 Å². The number of likely N-dealkylation sites (tertiary alicyclic amines) is 1. The van der Waals surface area contributed by atoms with Gasteiger partial charge in [0.05, 0.1) is 0 Å². The van der Waals surface area contributed by atoms with Gasteiger partial charge in [-0.3, -0.25) is 4.99 Å². The van der Waals surface area contributed by atoms with E-state index in [-0.39, 0.29) is 6.09 Å². The van der Waals surface area contributed by atoms with Crippen molar-refractivity contribution < 1.29 is 9.53 Å². The molecule has 0 aromatic carbocycles. The van der Waals surface area contributed by atoms with Crippen LogP contribution < -0.4 is 16.0 Å². The summed E-state index contributed by atoms with van der Waals surface area (Å²) < 4.78 is 5.21. The highest BCUT2D eigenvalue weighted by molar-refractivity contribution is 5.79. The van der Waals surface area contributed by atoms with Crippen molar-refractivity contribution in [1.29, 1.82) is 0 Å². The largest absolute Gasteiger partial charge is 0.444 e. The number of ether oxygens (including phenoxy) is 1. The average molecular weight is 356 g/mol. The normalized spacial score (nSPS) is 17.2. The number of carbonyl (C=O) groups excluding carboxylic acids is 1. The first-order valence-corrected chi connectivity index (χ1v) is 9.47. The van der Waals surface area contributed by atoms with Gasteiger partial charge < -0.3 is 25.6 Å². The van der Waals surface area contributed by atoms with Gasteiger partial charge in [-0.1, -0.05) is 0 Å². The summed E-state index contributed by atoms with van der Waals surface area (Å²) in [6.45, 7) is 13.0. The van der Waals surface area contributed by atoms with E-state index in [1.807, 2.05) is 20.8 Å². The molecule has 0 aliphatic carbocycles. The zero-order chi connectivity index (χ0) is 18.7. The molecule has 3 N–H and O–H groups in total. The van der Waals surface area contributed by atoms with Crippen LogP contribution in [-0.2, 0) is 4.74 Å². The topological polar surface area (TPSA) is 78.0 Å². The van der Waals surface area contributed by atoms with Crippen LogP contribution in [0.3, 0.4) is 0 Å². The molecule has 1 amide bonds. The van der Waals surface area contributed by atoms with Crippen molar-refractivity contribution >= 4 is 12.1 Å². The predicted molar refractivity (Wildman–Crippen MR) is 103 cm³/mol. The fourth-order valence-electron chi connectivity index (χ4n) is 2.61. The lowest BCUT2D eigenvalue weighted by Crippen LogP contribution is -2.40. The first-order valence-electron chi connectivity index (χ1n) is 9.47. The molecule has 1 saturated heterocycles. The third kappa shape index (κ3) is 10.9. The van der Waals surface area contributed by atoms with Crippen molar-refractivity contribution in [2.45, 2.75) is 52.6 Å². The SMILES string of the molecule is CCNC(=NCC1CCN(C)CC1)NCCCNC(=O)OC(C)(C)C. The van der Waals surface area contributed by atoms with Crippen LogP contribution in [0.4, 0.5) is 4.79 Å². The molecule has 1 heterocycles. The molecule has 0 radical (unpaired) electrons. The standard InChI is InChI=1S/C18H37N5O2/c1-6-19-16(22-14-15-8-12-23(5)13-9-15)20-10-7-11-21-17(24)25-18(2,3)4/h15H,6-14H2,1-5H3,(H,21,24)(H2,19,20,22). The summed E-state index contributed by atoms with van der Waals surface area (Å²) in [5, 5.41) is 9.37. The molecule has 0 saturated carbocycles. The molecule has 7 heteroatoms. The highest BCUT2D eigenvalue weighted by atomic mass is 16.6. The summed E-state index contributed by atoms with van der Waals surface area (Å²) >= 11 is 0. The summed E-state index contributed by atoms with van der Waals surface area (Å²) in [5.41, 5.74) is -0.457. The number of amides is 1. The highest BCUT2D eigenvalue weighted by Crippen LogP contribution is 2.15. The number of alkyl carbamates (subject to hydrolysis) is 1. The van der Waals surface area contributed by atoms with Gasteiger partial charge >= 0.3 is 6.09 Å². The van der Waals surface area contributed by atoms with Crippen LogP contribution in [0.25, 0.3) is 0 Å². The third-order valence-corrected chi connectivity index (χ3v) is 4.00. The first-order chi connectivity index (χ1) is 11.8. The second-order valence-corrected chi connectivity index (χ2v) is 7.68. The number of hydrogen-bond donors (Lipinski definition) is 3. The molecule has 1 aliphatic heterocycles. The maximum Gasteiger partial charge on any atom is 0.407 e. The lowest BCUT2D eigenvalue weighted by molar-refractivity contribution is 0.0527. The third-order valence-electron chi connectivity index (χ3n) is 4.00. The molecule has 0 atom stereocenters. The second kappa shape index (κ2) is 11.2. The number of rotatable bonds is 7. The summed E-state index contributed by atoms with van der Waals surface area (Å²) in [4.78, 5) is 18.6. The van der Waals surface area contributed by atoms with Gasteiger partial charge in [-0.25, -0.2) is 4.79 Å². The van der Waals surface area contributed by atoms with Crippen LogP contribution in [0.2, 0.25) is 0 Å². The van der Waals surface area contributed by atoms with E-state index in [9.17, 15) is 4.79 Å². The quantitative estimate of drug-likeness (QED) is 0.369. The van der Waals surface area contributed by atoms with Gasteiger partial charge in [0, 0.05) is 26.2 Å². The fourth-order valence-corrected chi connectivity index (χ4v) is 2.61. The maximum absolute atomic E-state index is 11.6. The van der Waals surface area contributed by atoms with Gasteiger partial charge in [0.15, 0.2) is 5.96 Å². The summed E-state index contributed by atoms with van der Waals surface area (Å²) in [6.07, 6.45) is 2.89. The van der Waals surface area contributed by atoms with Crippen LogP contribution in [0.5, 0.6) is 0 Å². The molecule has 146 valence electrons. The first kappa shape index (κ1) is 21.5. The number of carbonyl (C=O) groups is 1. The minimum Gasteiger partial charge on any atom is -0.444 e. The van der Waals surface area contributed by atoms with Crippen molar-refractivity contribution in [3.8, 4) is 0 Å². The molecule has 0 bridgehead atoms. The Labute approximate surface area is 153 Å². The Kier molecular flexibility index (Phi) is 9.63. The zero-order valence-electron chi connectivity index (χ0n) is 16.7. The van der Waals surface area contributed by atoms with Crippen LogP contribution in [0.1, 0.15) is 47.0 Å². The van der Waals surface area contributed by atoms with E-state index in [1.165, 1.54) is 25.9 Å². The minimum atomic E-state index is -0.457. The molecule has 0 aromatic heterocycles. The Morgan fingerprint density at radius 3 is 2.40 bits per heavy atom. The van der Waals surface area contributed by atoms with E-state index in [4.69, 9.17) is 9.73 Å². The number of nitrogens with one attached hydrogen (secondary N) is 3. The molecule has 0 spiro atoms. The number of aliphatic imine (C=N–C) groups is 1. The molecule has 0 unspecified atom stereocenters. The number of nitrogens with zero attached hydrogens (tertiary/aromatic N) is 2. The minimum absolute atomic E-state index is 0.365. The van der Waals surface area contributed by atoms with Crippen molar-refractivity contribution in [2.24, 2.45) is 10.9 Å². The number of piperidine rings is 1. The molecule has 1 aliphatic rings. The molecular weight excluding hydrogens is 318 g/mol. The van der Waals surface area contributed by atoms with E-state index >= 15 is 0 Å². The zero-order valence-corrected chi connectivity index (χ0v) is 16.7. The van der Waals surface area contributed by atoms with Crippen molar-refractivity contribution in [2.75, 3.05) is 46.3 Å². The van der Waals surface area contributed by atoms with Crippen LogP contribution in [-0.4, -0.2) is 68.9 Å². The molecule has 25 heavy (non-hydrogen) atoms. The monoisotopic (exact) mass is 355 g/mol. The van der Waals surface area contributed by atoms with Crippen molar-refractivity contribution in [3.63, 3.8) is 0 Å². The highest BCUT2D eigenvalue weighted by Gasteiger charge is 2.16. The van der Waals surface area contributed by atoms with Gasteiger partial charge in [-0.05, 0) is 73.0 Å². The number of hydrogen-bond acceptors (Lipinski definition) is 4. The molecule has 0 aromatic rings. The van der Waals surface area contributed by atoms with Gasteiger partial charge in [0.1, 0.15) is 5.60 Å². The number of guanidine groups is 1. The second-order valence-electron chi connectivity index (χ2n) is 7.68. The molecular formula is C18H37N5O2. The Morgan fingerprint density at radius 1 is 1.16 bits per heavy atom. The predicted octanol–water partition coefficient (Wildman–Crippen LogP) is 1.80. The van der Waals surface area contributed by atoms with Gasteiger partial charge in [-0.2, -0.15) is 0 Å². The molecule has 1 fully saturated rings. The van der Waals surface area contributed by atoms with Gasteiger partial charge in [0.2, 0.25) is 0 Å². The maximum atomic E-state index is 11.6. The van der Waals surface area contributed by atoms with Crippen molar-refractivity contribution in [1.82, 2.24) is 20.9 Å². The van der Waals surface area contributed by atoms with Gasteiger partial charge in [-0.15, -0.1) is 0 Å². The summed E-state index contributed by atoms with van der Waals surface area (Å²) in [6, 6.07) is 0. The summed E-state index contributed by atoms with van der Waals surface area (Å²) in [7, 11) is 2.18. The fraction of sp³-hybridized carbons (Fsp3) is 0.889. The molecule has 1 rings (SSSR count). The Balaban J connectivity index is 2.21. The van der Waals surface area contributed by atoms with Crippen LogP contribution in [0.15, 0.2) is 4.99 Å². The van der Waals surface area contributed by atoms with E-state index in [0.717, 1.165) is 32.0 Å². The Morgan fingerprint density at radius 2 is 1.80 bits per heavy atom. The Bertz CT molecular complexity index is 412. The summed E-state index contributed by atoms with van der Waals surface area (Å²) in [5.74, 6) is 1.54. The van der Waals surface area contributed by atoms with E-state index < -0.39 is 5.60 Å². The lowest BCUT2D eigenvalue weighted by Gasteiger charge is -2.28. The Hall–Kier alpha value is -1.50.